The van der Waals surface area contributed by atoms with Gasteiger partial charge in [0.15, 0.2) is 0 Å². The molecule has 4 nitrogen and oxygen atoms in total. The Kier molecular flexibility index (Phi) is 2.67. The maximum Gasteiger partial charge on any atom is 0.112 e. The zero-order valence-corrected chi connectivity index (χ0v) is 8.94. The molecule has 2 rings (SSSR count). The van der Waals surface area contributed by atoms with E-state index < -0.39 is 0 Å². The predicted molar refractivity (Wildman–Crippen MR) is 60.3 cm³/mol. The molecule has 2 heterocycles. The molecule has 0 unspecified atom stereocenters. The Balaban J connectivity index is 2.44. The fourth-order valence-corrected chi connectivity index (χ4v) is 1.53. The molecule has 0 atom stereocenters. The maximum absolute atomic E-state index is 4.28. The standard InChI is InChI=1S/C11H14N4/c1-3-11-14-4-5-15(11)10-6-9(12-2)7-13-8-10/h4-8,12H,3H2,1-2H3. The molecule has 78 valence electrons. The highest BCUT2D eigenvalue weighted by molar-refractivity contribution is 5.48. The molecule has 0 aliphatic rings. The first kappa shape index (κ1) is 9.71. The van der Waals surface area contributed by atoms with Crippen LogP contribution < -0.4 is 5.32 Å². The predicted octanol–water partition coefficient (Wildman–Crippen LogP) is 1.87. The summed E-state index contributed by atoms with van der Waals surface area (Å²) < 4.78 is 2.05. The van der Waals surface area contributed by atoms with Crippen LogP contribution in [0.3, 0.4) is 0 Å². The van der Waals surface area contributed by atoms with Crippen molar-refractivity contribution in [1.82, 2.24) is 14.5 Å². The molecule has 0 aliphatic carbocycles. The van der Waals surface area contributed by atoms with Gasteiger partial charge >= 0.3 is 0 Å². The Hall–Kier alpha value is -1.84. The van der Waals surface area contributed by atoms with Crippen LogP contribution in [0.2, 0.25) is 0 Å². The van der Waals surface area contributed by atoms with Crippen molar-refractivity contribution >= 4 is 5.69 Å². The molecule has 0 amide bonds. The van der Waals surface area contributed by atoms with Crippen LogP contribution in [0, 0.1) is 0 Å². The summed E-state index contributed by atoms with van der Waals surface area (Å²) in [7, 11) is 1.88. The molecule has 0 saturated heterocycles. The van der Waals surface area contributed by atoms with Crippen molar-refractivity contribution in [2.75, 3.05) is 12.4 Å². The number of imidazole rings is 1. The van der Waals surface area contributed by atoms with Gasteiger partial charge in [-0.15, -0.1) is 0 Å². The first-order chi connectivity index (χ1) is 7.35. The Labute approximate surface area is 89.0 Å². The SMILES string of the molecule is CCc1nccn1-c1cncc(NC)c1. The molecule has 0 aromatic carbocycles. The van der Waals surface area contributed by atoms with Gasteiger partial charge in [0.05, 0.1) is 23.8 Å². The van der Waals surface area contributed by atoms with Crippen LogP contribution in [0.25, 0.3) is 5.69 Å². The minimum absolute atomic E-state index is 0.913. The Morgan fingerprint density at radius 3 is 3.00 bits per heavy atom. The Morgan fingerprint density at radius 2 is 2.27 bits per heavy atom. The van der Waals surface area contributed by atoms with Crippen molar-refractivity contribution in [2.24, 2.45) is 0 Å². The highest BCUT2D eigenvalue weighted by Crippen LogP contribution is 2.14. The number of nitrogens with one attached hydrogen (secondary N) is 1. The second-order valence-electron chi connectivity index (χ2n) is 3.25. The third-order valence-corrected chi connectivity index (χ3v) is 2.32. The van der Waals surface area contributed by atoms with E-state index in [0.29, 0.717) is 0 Å². The lowest BCUT2D eigenvalue weighted by Gasteiger charge is -2.07. The van der Waals surface area contributed by atoms with Crippen molar-refractivity contribution in [3.05, 3.63) is 36.7 Å². The third-order valence-electron chi connectivity index (χ3n) is 2.32. The summed E-state index contributed by atoms with van der Waals surface area (Å²) in [5, 5.41) is 3.07. The van der Waals surface area contributed by atoms with Crippen LogP contribution in [0.15, 0.2) is 30.9 Å². The number of anilines is 1. The number of aryl methyl sites for hydroxylation is 1. The smallest absolute Gasteiger partial charge is 0.112 e. The van der Waals surface area contributed by atoms with Crippen LogP contribution in [0.4, 0.5) is 5.69 Å². The lowest BCUT2D eigenvalue weighted by molar-refractivity contribution is 0.887. The monoisotopic (exact) mass is 202 g/mol. The zero-order chi connectivity index (χ0) is 10.7. The van der Waals surface area contributed by atoms with E-state index in [1.807, 2.05) is 36.3 Å². The molecule has 0 saturated carbocycles. The summed E-state index contributed by atoms with van der Waals surface area (Å²) >= 11 is 0. The van der Waals surface area contributed by atoms with Gasteiger partial charge < -0.3 is 9.88 Å². The topological polar surface area (TPSA) is 42.7 Å². The molecule has 1 N–H and O–H groups in total. The van der Waals surface area contributed by atoms with Crippen molar-refractivity contribution in [2.45, 2.75) is 13.3 Å². The van der Waals surface area contributed by atoms with E-state index in [2.05, 4.69) is 22.2 Å². The minimum atomic E-state index is 0.913. The van der Waals surface area contributed by atoms with E-state index in [0.717, 1.165) is 23.6 Å². The Bertz CT molecular complexity index is 447. The van der Waals surface area contributed by atoms with E-state index in [-0.39, 0.29) is 0 Å². The fraction of sp³-hybridized carbons (Fsp3) is 0.273. The average molecular weight is 202 g/mol. The number of nitrogens with zero attached hydrogens (tertiary/aromatic N) is 3. The van der Waals surface area contributed by atoms with Crippen LogP contribution in [-0.2, 0) is 6.42 Å². The quantitative estimate of drug-likeness (QED) is 0.826. The molecule has 15 heavy (non-hydrogen) atoms. The van der Waals surface area contributed by atoms with Gasteiger partial charge in [-0.2, -0.15) is 0 Å². The van der Waals surface area contributed by atoms with Gasteiger partial charge in [0.1, 0.15) is 5.82 Å². The van der Waals surface area contributed by atoms with E-state index >= 15 is 0 Å². The molecule has 0 bridgehead atoms. The lowest BCUT2D eigenvalue weighted by atomic mass is 10.3. The molecular weight excluding hydrogens is 188 g/mol. The van der Waals surface area contributed by atoms with Gasteiger partial charge in [0, 0.05) is 25.9 Å². The van der Waals surface area contributed by atoms with Crippen LogP contribution in [0.1, 0.15) is 12.7 Å². The lowest BCUT2D eigenvalue weighted by Crippen LogP contribution is -2.00. The molecule has 0 aliphatic heterocycles. The van der Waals surface area contributed by atoms with Crippen molar-refractivity contribution in [1.29, 1.82) is 0 Å². The number of pyridine rings is 1. The van der Waals surface area contributed by atoms with Crippen LogP contribution >= 0.6 is 0 Å². The maximum atomic E-state index is 4.28. The highest BCUT2D eigenvalue weighted by Gasteiger charge is 2.03. The van der Waals surface area contributed by atoms with E-state index in [1.165, 1.54) is 0 Å². The molecule has 0 spiro atoms. The van der Waals surface area contributed by atoms with Gasteiger partial charge in [-0.1, -0.05) is 6.92 Å². The summed E-state index contributed by atoms with van der Waals surface area (Å²) in [5.41, 5.74) is 2.04. The zero-order valence-electron chi connectivity index (χ0n) is 8.94. The molecule has 2 aromatic rings. The van der Waals surface area contributed by atoms with E-state index in [9.17, 15) is 0 Å². The normalized spacial score (nSPS) is 10.3. The van der Waals surface area contributed by atoms with Crippen molar-refractivity contribution < 1.29 is 0 Å². The summed E-state index contributed by atoms with van der Waals surface area (Å²) in [5.74, 6) is 1.05. The van der Waals surface area contributed by atoms with Crippen molar-refractivity contribution in [3.63, 3.8) is 0 Å². The fourth-order valence-electron chi connectivity index (χ4n) is 1.53. The molecule has 0 fully saturated rings. The minimum Gasteiger partial charge on any atom is -0.387 e. The van der Waals surface area contributed by atoms with E-state index in [1.54, 1.807) is 6.20 Å². The summed E-state index contributed by atoms with van der Waals surface area (Å²) in [6.07, 6.45) is 8.31. The Morgan fingerprint density at radius 1 is 1.40 bits per heavy atom. The largest absolute Gasteiger partial charge is 0.387 e. The summed E-state index contributed by atoms with van der Waals surface area (Å²) in [4.78, 5) is 8.46. The molecule has 0 radical (unpaired) electrons. The average Bonchev–Trinajstić information content (AvgIpc) is 2.77. The van der Waals surface area contributed by atoms with Crippen LogP contribution in [0.5, 0.6) is 0 Å². The number of hydrogen-bond acceptors (Lipinski definition) is 3. The molecule has 2 aromatic heterocycles. The van der Waals surface area contributed by atoms with Gasteiger partial charge in [-0.3, -0.25) is 4.98 Å². The third kappa shape index (κ3) is 1.83. The number of rotatable bonds is 3. The van der Waals surface area contributed by atoms with Crippen molar-refractivity contribution in [3.8, 4) is 5.69 Å². The summed E-state index contributed by atoms with van der Waals surface area (Å²) in [6, 6.07) is 2.05. The van der Waals surface area contributed by atoms with Gasteiger partial charge in [-0.25, -0.2) is 4.98 Å². The number of hydrogen-bond donors (Lipinski definition) is 1. The highest BCUT2D eigenvalue weighted by atomic mass is 15.1. The summed E-state index contributed by atoms with van der Waals surface area (Å²) in [6.45, 7) is 2.09. The van der Waals surface area contributed by atoms with Gasteiger partial charge in [0.25, 0.3) is 0 Å². The van der Waals surface area contributed by atoms with Crippen LogP contribution in [-0.4, -0.2) is 21.6 Å². The second-order valence-corrected chi connectivity index (χ2v) is 3.25. The first-order valence-electron chi connectivity index (χ1n) is 5.00. The van der Waals surface area contributed by atoms with E-state index in [4.69, 9.17) is 0 Å². The first-order valence-corrected chi connectivity index (χ1v) is 5.00. The number of aromatic nitrogens is 3. The molecular formula is C11H14N4. The molecule has 4 heteroatoms. The van der Waals surface area contributed by atoms with Gasteiger partial charge in [-0.05, 0) is 6.07 Å². The van der Waals surface area contributed by atoms with Gasteiger partial charge in [0.2, 0.25) is 0 Å². The second kappa shape index (κ2) is 4.13.